The molecule has 22 heavy (non-hydrogen) atoms. The summed E-state index contributed by atoms with van der Waals surface area (Å²) in [5.74, 6) is 0. The highest BCUT2D eigenvalue weighted by molar-refractivity contribution is 7.89. The average Bonchev–Trinajstić information content (AvgIpc) is 3.20. The summed E-state index contributed by atoms with van der Waals surface area (Å²) in [6.07, 6.45) is 0. The smallest absolute Gasteiger partial charge is 0.258 e. The molecule has 0 N–H and O–H groups in total. The normalized spacial score (nSPS) is 24.0. The molecule has 0 aliphatic carbocycles. The number of nitro benzene ring substituents is 1. The minimum atomic E-state index is -3.64. The van der Waals surface area contributed by atoms with Crippen molar-refractivity contribution in [3.05, 3.63) is 70.3 Å². The van der Waals surface area contributed by atoms with Crippen LogP contribution >= 0.6 is 0 Å². The molecule has 3 rings (SSSR count). The Morgan fingerprint density at radius 1 is 1.05 bits per heavy atom. The maximum Gasteiger partial charge on any atom is 0.269 e. The maximum absolute atomic E-state index is 12.6. The molecule has 2 aromatic rings. The van der Waals surface area contributed by atoms with E-state index in [0.717, 1.165) is 5.56 Å². The van der Waals surface area contributed by atoms with E-state index >= 15 is 0 Å². The van der Waals surface area contributed by atoms with Gasteiger partial charge in [-0.25, -0.2) is 8.42 Å². The zero-order chi connectivity index (χ0) is 15.9. The van der Waals surface area contributed by atoms with Crippen LogP contribution in [0.15, 0.2) is 59.5 Å². The van der Waals surface area contributed by atoms with Crippen molar-refractivity contribution in [3.63, 3.8) is 0 Å². The van der Waals surface area contributed by atoms with E-state index in [1.54, 1.807) is 0 Å². The Morgan fingerprint density at radius 3 is 2.18 bits per heavy atom. The summed E-state index contributed by atoms with van der Waals surface area (Å²) in [7, 11) is -3.64. The molecule has 0 amide bonds. The second kappa shape index (κ2) is 5.19. The first-order valence-electron chi connectivity index (χ1n) is 6.76. The molecule has 0 aromatic heterocycles. The Hall–Kier alpha value is -2.25. The number of sulfonamides is 1. The first kappa shape index (κ1) is 14.7. The van der Waals surface area contributed by atoms with Crippen LogP contribution in [0.1, 0.15) is 18.5 Å². The fourth-order valence-corrected chi connectivity index (χ4v) is 4.45. The SMILES string of the molecule is C[C@H]1[C@@H](c2ccccc2)N1S(=O)(=O)c1ccc([N+](=O)[O-])cc1. The Bertz CT molecular complexity index is 803. The van der Waals surface area contributed by atoms with Gasteiger partial charge in [-0.05, 0) is 24.6 Å². The molecular weight excluding hydrogens is 304 g/mol. The van der Waals surface area contributed by atoms with Crippen molar-refractivity contribution in [1.82, 2.24) is 4.31 Å². The van der Waals surface area contributed by atoms with Crippen molar-refractivity contribution in [2.75, 3.05) is 0 Å². The minimum absolute atomic E-state index is 0.0726. The van der Waals surface area contributed by atoms with Crippen LogP contribution in [0.4, 0.5) is 5.69 Å². The number of benzene rings is 2. The first-order chi connectivity index (χ1) is 10.4. The fourth-order valence-electron chi connectivity index (χ4n) is 2.63. The zero-order valence-corrected chi connectivity index (χ0v) is 12.6. The molecule has 0 spiro atoms. The summed E-state index contributed by atoms with van der Waals surface area (Å²) in [5.41, 5.74) is 0.817. The number of rotatable bonds is 4. The third-order valence-corrected chi connectivity index (χ3v) is 5.79. The molecule has 114 valence electrons. The van der Waals surface area contributed by atoms with Crippen LogP contribution in [-0.2, 0) is 10.0 Å². The van der Waals surface area contributed by atoms with Crippen LogP contribution in [0, 0.1) is 10.1 Å². The molecule has 1 aliphatic rings. The monoisotopic (exact) mass is 318 g/mol. The third kappa shape index (κ3) is 2.38. The number of non-ortho nitro benzene ring substituents is 1. The molecule has 0 bridgehead atoms. The van der Waals surface area contributed by atoms with Gasteiger partial charge in [0.25, 0.3) is 5.69 Å². The van der Waals surface area contributed by atoms with Crippen LogP contribution in [-0.4, -0.2) is 23.7 Å². The van der Waals surface area contributed by atoms with Gasteiger partial charge < -0.3 is 0 Å². The maximum atomic E-state index is 12.6. The molecule has 2 aromatic carbocycles. The Kier molecular flexibility index (Phi) is 3.46. The van der Waals surface area contributed by atoms with Crippen molar-refractivity contribution in [2.45, 2.75) is 23.9 Å². The Labute approximate surface area is 128 Å². The van der Waals surface area contributed by atoms with Crippen molar-refractivity contribution in [1.29, 1.82) is 0 Å². The Morgan fingerprint density at radius 2 is 1.64 bits per heavy atom. The van der Waals surface area contributed by atoms with Crippen molar-refractivity contribution in [2.24, 2.45) is 0 Å². The Balaban J connectivity index is 1.89. The lowest BCUT2D eigenvalue weighted by Crippen LogP contribution is -2.14. The standard InChI is InChI=1S/C15H14N2O4S/c1-11-15(12-5-3-2-4-6-12)16(11)22(20,21)14-9-7-13(8-10-14)17(18)19/h2-11,15H,1H3/t11-,15-,16?/m0/s1. The number of hydrogen-bond acceptors (Lipinski definition) is 4. The quantitative estimate of drug-likeness (QED) is 0.493. The van der Waals surface area contributed by atoms with Crippen LogP contribution in [0.2, 0.25) is 0 Å². The van der Waals surface area contributed by atoms with Crippen molar-refractivity contribution < 1.29 is 13.3 Å². The second-order valence-corrected chi connectivity index (χ2v) is 7.03. The van der Waals surface area contributed by atoms with Gasteiger partial charge in [-0.2, -0.15) is 4.31 Å². The van der Waals surface area contributed by atoms with Gasteiger partial charge >= 0.3 is 0 Å². The van der Waals surface area contributed by atoms with Gasteiger partial charge in [0.15, 0.2) is 0 Å². The first-order valence-corrected chi connectivity index (χ1v) is 8.20. The lowest BCUT2D eigenvalue weighted by Gasteiger charge is -2.06. The molecule has 3 atom stereocenters. The van der Waals surface area contributed by atoms with E-state index < -0.39 is 14.9 Å². The molecule has 6 nitrogen and oxygen atoms in total. The fraction of sp³-hybridized carbons (Fsp3) is 0.200. The molecule has 7 heteroatoms. The van der Waals surface area contributed by atoms with Gasteiger partial charge in [-0.15, -0.1) is 0 Å². The summed E-state index contributed by atoms with van der Waals surface area (Å²) in [5, 5.41) is 10.6. The molecular formula is C15H14N2O4S. The topological polar surface area (TPSA) is 80.3 Å². The predicted octanol–water partition coefficient (Wildman–Crippen LogP) is 2.73. The summed E-state index contributed by atoms with van der Waals surface area (Å²) in [4.78, 5) is 10.2. The summed E-state index contributed by atoms with van der Waals surface area (Å²) >= 11 is 0. The van der Waals surface area contributed by atoms with Gasteiger partial charge in [0, 0.05) is 18.2 Å². The van der Waals surface area contributed by atoms with Gasteiger partial charge in [-0.1, -0.05) is 30.3 Å². The van der Waals surface area contributed by atoms with E-state index in [-0.39, 0.29) is 22.7 Å². The van der Waals surface area contributed by atoms with E-state index in [9.17, 15) is 18.5 Å². The molecule has 1 fully saturated rings. The van der Waals surface area contributed by atoms with Gasteiger partial charge in [-0.3, -0.25) is 10.1 Å². The second-order valence-electron chi connectivity index (χ2n) is 5.18. The van der Waals surface area contributed by atoms with Crippen LogP contribution in [0.25, 0.3) is 0 Å². The van der Waals surface area contributed by atoms with Gasteiger partial charge in [0.1, 0.15) is 0 Å². The lowest BCUT2D eigenvalue weighted by atomic mass is 10.1. The van der Waals surface area contributed by atoms with E-state index in [0.29, 0.717) is 0 Å². The molecule has 1 unspecified atom stereocenters. The summed E-state index contributed by atoms with van der Waals surface area (Å²) in [6, 6.07) is 14.1. The van der Waals surface area contributed by atoms with E-state index in [1.165, 1.54) is 28.6 Å². The van der Waals surface area contributed by atoms with Crippen LogP contribution in [0.5, 0.6) is 0 Å². The highest BCUT2D eigenvalue weighted by Gasteiger charge is 2.53. The summed E-state index contributed by atoms with van der Waals surface area (Å²) < 4.78 is 26.7. The molecule has 1 saturated heterocycles. The number of hydrogen-bond donors (Lipinski definition) is 0. The largest absolute Gasteiger partial charge is 0.269 e. The lowest BCUT2D eigenvalue weighted by molar-refractivity contribution is -0.384. The average molecular weight is 318 g/mol. The highest BCUT2D eigenvalue weighted by Crippen LogP contribution is 2.47. The highest BCUT2D eigenvalue weighted by atomic mass is 32.2. The van der Waals surface area contributed by atoms with E-state index in [4.69, 9.17) is 0 Å². The van der Waals surface area contributed by atoms with Crippen molar-refractivity contribution >= 4 is 15.7 Å². The predicted molar refractivity (Wildman–Crippen MR) is 80.8 cm³/mol. The van der Waals surface area contributed by atoms with E-state index in [2.05, 4.69) is 0 Å². The van der Waals surface area contributed by atoms with Crippen LogP contribution in [0.3, 0.4) is 0 Å². The van der Waals surface area contributed by atoms with Gasteiger partial charge in [0.05, 0.1) is 15.9 Å². The van der Waals surface area contributed by atoms with Crippen molar-refractivity contribution in [3.8, 4) is 0 Å². The minimum Gasteiger partial charge on any atom is -0.258 e. The summed E-state index contributed by atoms with van der Waals surface area (Å²) in [6.45, 7) is 1.85. The third-order valence-electron chi connectivity index (χ3n) is 3.81. The molecule has 1 heterocycles. The number of nitrogens with zero attached hydrogens (tertiary/aromatic N) is 2. The molecule has 0 saturated carbocycles. The molecule has 1 aliphatic heterocycles. The zero-order valence-electron chi connectivity index (χ0n) is 11.8. The van der Waals surface area contributed by atoms with Gasteiger partial charge in [0.2, 0.25) is 10.0 Å². The van der Waals surface area contributed by atoms with E-state index in [1.807, 2.05) is 37.3 Å². The number of nitro groups is 1. The molecule has 0 radical (unpaired) electrons. The van der Waals surface area contributed by atoms with Crippen LogP contribution < -0.4 is 0 Å².